The summed E-state index contributed by atoms with van der Waals surface area (Å²) in [4.78, 5) is 7.24. The summed E-state index contributed by atoms with van der Waals surface area (Å²) in [5, 5.41) is 3.37. The van der Waals surface area contributed by atoms with Crippen molar-refractivity contribution in [2.45, 2.75) is 40.2 Å². The van der Waals surface area contributed by atoms with Gasteiger partial charge in [0.05, 0.1) is 5.56 Å². The fourth-order valence-electron chi connectivity index (χ4n) is 2.07. The molecule has 0 fully saturated rings. The van der Waals surface area contributed by atoms with Crippen LogP contribution in [0.2, 0.25) is 0 Å². The number of thiocarbonyl (C=S) groups is 1. The molecule has 112 valence electrons. The van der Waals surface area contributed by atoms with Gasteiger partial charge in [-0.05, 0) is 59.3 Å². The summed E-state index contributed by atoms with van der Waals surface area (Å²) < 4.78 is 0. The van der Waals surface area contributed by atoms with E-state index in [1.807, 2.05) is 19.9 Å². The molecule has 0 atom stereocenters. The maximum Gasteiger partial charge on any atom is 0.136 e. The van der Waals surface area contributed by atoms with E-state index in [0.717, 1.165) is 42.1 Å². The minimum Gasteiger partial charge on any atom is -0.389 e. The average molecular weight is 294 g/mol. The number of nitrogens with two attached hydrogens (primary N) is 1. The lowest BCUT2D eigenvalue weighted by molar-refractivity contribution is 0.273. The molecule has 4 nitrogen and oxygen atoms in total. The number of hydrogen-bond acceptors (Lipinski definition) is 4. The van der Waals surface area contributed by atoms with E-state index in [0.29, 0.717) is 11.0 Å². The second-order valence-electron chi connectivity index (χ2n) is 5.52. The molecular weight excluding hydrogens is 268 g/mol. The topological polar surface area (TPSA) is 54.2 Å². The van der Waals surface area contributed by atoms with E-state index >= 15 is 0 Å². The van der Waals surface area contributed by atoms with Crippen LogP contribution in [0, 0.1) is 13.8 Å². The quantitative estimate of drug-likeness (QED) is 0.598. The van der Waals surface area contributed by atoms with Crippen LogP contribution < -0.4 is 11.1 Å². The summed E-state index contributed by atoms with van der Waals surface area (Å²) in [6, 6.07) is 2.58. The SMILES string of the molecule is Cc1cc(C)c(C(N)=S)c(NCCCN(C)C(C)C)n1. The molecule has 1 rings (SSSR count). The fraction of sp³-hybridized carbons (Fsp3) is 0.600. The van der Waals surface area contributed by atoms with E-state index in [9.17, 15) is 0 Å². The van der Waals surface area contributed by atoms with Crippen LogP contribution in [0.15, 0.2) is 6.07 Å². The summed E-state index contributed by atoms with van der Waals surface area (Å²) >= 11 is 5.12. The summed E-state index contributed by atoms with van der Waals surface area (Å²) in [5.74, 6) is 0.808. The Labute approximate surface area is 127 Å². The number of rotatable bonds is 7. The molecule has 1 aromatic heterocycles. The molecule has 0 bridgehead atoms. The van der Waals surface area contributed by atoms with Gasteiger partial charge in [0.15, 0.2) is 0 Å². The summed E-state index contributed by atoms with van der Waals surface area (Å²) in [6.45, 7) is 10.3. The van der Waals surface area contributed by atoms with Crippen molar-refractivity contribution in [1.82, 2.24) is 9.88 Å². The minimum atomic E-state index is 0.400. The van der Waals surface area contributed by atoms with Gasteiger partial charge in [0.25, 0.3) is 0 Å². The Morgan fingerprint density at radius 3 is 2.65 bits per heavy atom. The Kier molecular flexibility index (Phi) is 6.36. The van der Waals surface area contributed by atoms with Crippen LogP contribution in [0.25, 0.3) is 0 Å². The Balaban J connectivity index is 2.66. The number of anilines is 1. The largest absolute Gasteiger partial charge is 0.389 e. The van der Waals surface area contributed by atoms with E-state index in [2.05, 4.69) is 36.1 Å². The van der Waals surface area contributed by atoms with E-state index < -0.39 is 0 Å². The Hall–Kier alpha value is -1.20. The van der Waals surface area contributed by atoms with Crippen LogP contribution in [0.5, 0.6) is 0 Å². The molecule has 0 aromatic carbocycles. The maximum absolute atomic E-state index is 5.80. The maximum atomic E-state index is 5.80. The smallest absolute Gasteiger partial charge is 0.136 e. The van der Waals surface area contributed by atoms with Crippen molar-refractivity contribution in [3.63, 3.8) is 0 Å². The normalized spacial score (nSPS) is 11.2. The number of nitrogens with zero attached hydrogens (tertiary/aromatic N) is 2. The molecule has 3 N–H and O–H groups in total. The lowest BCUT2D eigenvalue weighted by Crippen LogP contribution is -2.28. The third-order valence-electron chi connectivity index (χ3n) is 3.45. The van der Waals surface area contributed by atoms with Gasteiger partial charge in [0, 0.05) is 18.3 Å². The molecule has 0 unspecified atom stereocenters. The third kappa shape index (κ3) is 4.72. The van der Waals surface area contributed by atoms with Crippen molar-refractivity contribution in [3.05, 3.63) is 22.9 Å². The Morgan fingerprint density at radius 2 is 2.10 bits per heavy atom. The predicted octanol–water partition coefficient (Wildman–Crippen LogP) is 2.47. The van der Waals surface area contributed by atoms with Crippen LogP contribution >= 0.6 is 12.2 Å². The molecule has 1 heterocycles. The van der Waals surface area contributed by atoms with Crippen LogP contribution in [-0.4, -0.2) is 41.1 Å². The van der Waals surface area contributed by atoms with Gasteiger partial charge in [-0.2, -0.15) is 0 Å². The monoisotopic (exact) mass is 294 g/mol. The highest BCUT2D eigenvalue weighted by Gasteiger charge is 2.11. The first-order valence-corrected chi connectivity index (χ1v) is 7.46. The Bertz CT molecular complexity index is 471. The van der Waals surface area contributed by atoms with Crippen LogP contribution in [0.1, 0.15) is 37.1 Å². The number of hydrogen-bond donors (Lipinski definition) is 2. The molecule has 0 aliphatic heterocycles. The fourth-order valence-corrected chi connectivity index (χ4v) is 2.33. The molecule has 0 saturated heterocycles. The molecular formula is C15H26N4S. The van der Waals surface area contributed by atoms with Gasteiger partial charge in [0.2, 0.25) is 0 Å². The van der Waals surface area contributed by atoms with E-state index in [-0.39, 0.29) is 0 Å². The zero-order valence-corrected chi connectivity index (χ0v) is 14.0. The molecule has 0 spiro atoms. The molecule has 0 saturated carbocycles. The summed E-state index contributed by atoms with van der Waals surface area (Å²) in [6.07, 6.45) is 1.06. The lowest BCUT2D eigenvalue weighted by Gasteiger charge is -2.21. The molecule has 0 aliphatic carbocycles. The van der Waals surface area contributed by atoms with Gasteiger partial charge in [-0.1, -0.05) is 12.2 Å². The zero-order valence-electron chi connectivity index (χ0n) is 13.2. The third-order valence-corrected chi connectivity index (χ3v) is 3.66. The van der Waals surface area contributed by atoms with Gasteiger partial charge in [-0.25, -0.2) is 4.98 Å². The molecule has 5 heteroatoms. The number of aryl methyl sites for hydroxylation is 2. The van der Waals surface area contributed by atoms with Gasteiger partial charge in [0.1, 0.15) is 10.8 Å². The summed E-state index contributed by atoms with van der Waals surface area (Å²) in [5.41, 5.74) is 8.72. The average Bonchev–Trinajstić information content (AvgIpc) is 2.32. The van der Waals surface area contributed by atoms with Gasteiger partial charge < -0.3 is 16.0 Å². The highest BCUT2D eigenvalue weighted by atomic mass is 32.1. The first-order valence-electron chi connectivity index (χ1n) is 7.05. The minimum absolute atomic E-state index is 0.400. The zero-order chi connectivity index (χ0) is 15.3. The van der Waals surface area contributed by atoms with Crippen LogP contribution in [0.3, 0.4) is 0 Å². The highest BCUT2D eigenvalue weighted by molar-refractivity contribution is 7.80. The molecule has 0 aliphatic rings. The standard InChI is InChI=1S/C15H26N4S/c1-10(2)19(5)8-6-7-17-15-13(14(16)20)11(3)9-12(4)18-15/h9-10H,6-8H2,1-5H3,(H2,16,20)(H,17,18). The second kappa shape index (κ2) is 7.55. The second-order valence-corrected chi connectivity index (χ2v) is 5.96. The number of pyridine rings is 1. The predicted molar refractivity (Wildman–Crippen MR) is 90.5 cm³/mol. The first kappa shape index (κ1) is 16.9. The van der Waals surface area contributed by atoms with Gasteiger partial charge in [-0.3, -0.25) is 0 Å². The molecule has 20 heavy (non-hydrogen) atoms. The van der Waals surface area contributed by atoms with Crippen molar-refractivity contribution < 1.29 is 0 Å². The highest BCUT2D eigenvalue weighted by Crippen LogP contribution is 2.18. The van der Waals surface area contributed by atoms with Crippen molar-refractivity contribution in [2.24, 2.45) is 5.73 Å². The van der Waals surface area contributed by atoms with Crippen molar-refractivity contribution in [2.75, 3.05) is 25.5 Å². The van der Waals surface area contributed by atoms with Crippen LogP contribution in [0.4, 0.5) is 5.82 Å². The van der Waals surface area contributed by atoms with Crippen molar-refractivity contribution in [3.8, 4) is 0 Å². The first-order chi connectivity index (χ1) is 9.32. The van der Waals surface area contributed by atoms with Crippen LogP contribution in [-0.2, 0) is 0 Å². The Morgan fingerprint density at radius 1 is 1.45 bits per heavy atom. The molecule has 1 aromatic rings. The van der Waals surface area contributed by atoms with E-state index in [1.54, 1.807) is 0 Å². The lowest BCUT2D eigenvalue weighted by atomic mass is 10.1. The molecule has 0 amide bonds. The number of nitrogens with one attached hydrogen (secondary N) is 1. The molecule has 0 radical (unpaired) electrons. The van der Waals surface area contributed by atoms with Crippen molar-refractivity contribution in [1.29, 1.82) is 0 Å². The van der Waals surface area contributed by atoms with Crippen molar-refractivity contribution >= 4 is 23.0 Å². The van der Waals surface area contributed by atoms with Gasteiger partial charge >= 0.3 is 0 Å². The van der Waals surface area contributed by atoms with Gasteiger partial charge in [-0.15, -0.1) is 0 Å². The van der Waals surface area contributed by atoms with E-state index in [4.69, 9.17) is 18.0 Å². The van der Waals surface area contributed by atoms with E-state index in [1.165, 1.54) is 0 Å². The summed E-state index contributed by atoms with van der Waals surface area (Å²) in [7, 11) is 2.14. The number of aromatic nitrogens is 1.